The maximum absolute atomic E-state index is 12.8. The molecule has 0 unspecified atom stereocenters. The molecule has 0 radical (unpaired) electrons. The number of benzene rings is 1. The zero-order valence-corrected chi connectivity index (χ0v) is 18.4. The van der Waals surface area contributed by atoms with Gasteiger partial charge in [-0.25, -0.2) is 0 Å². The first-order valence-corrected chi connectivity index (χ1v) is 10.6. The number of anilines is 2. The fourth-order valence-electron chi connectivity index (χ4n) is 4.12. The highest BCUT2D eigenvalue weighted by molar-refractivity contribution is 5.96. The Morgan fingerprint density at radius 2 is 1.84 bits per heavy atom. The zero-order chi connectivity index (χ0) is 22.1. The quantitative estimate of drug-likeness (QED) is 0.761. The number of aryl methyl sites for hydroxylation is 2. The maximum Gasteiger partial charge on any atom is 0.241 e. The summed E-state index contributed by atoms with van der Waals surface area (Å²) in [5.74, 6) is 1.20. The number of nitrogens with zero attached hydrogens (tertiary/aromatic N) is 3. The fourth-order valence-corrected chi connectivity index (χ4v) is 4.12. The Morgan fingerprint density at radius 1 is 1.13 bits per heavy atom. The van der Waals surface area contributed by atoms with E-state index in [1.54, 1.807) is 16.8 Å². The number of rotatable bonds is 5. The Morgan fingerprint density at radius 3 is 2.52 bits per heavy atom. The van der Waals surface area contributed by atoms with Crippen LogP contribution in [0.15, 0.2) is 18.2 Å². The molecule has 2 N–H and O–H groups in total. The van der Waals surface area contributed by atoms with Gasteiger partial charge in [-0.15, -0.1) is 0 Å². The molecule has 1 aromatic carbocycles. The van der Waals surface area contributed by atoms with Crippen molar-refractivity contribution in [2.24, 2.45) is 13.0 Å². The van der Waals surface area contributed by atoms with Crippen LogP contribution in [0.4, 0.5) is 11.4 Å². The summed E-state index contributed by atoms with van der Waals surface area (Å²) >= 11 is 0. The Hall–Kier alpha value is -3.07. The van der Waals surface area contributed by atoms with E-state index in [4.69, 9.17) is 9.47 Å². The summed E-state index contributed by atoms with van der Waals surface area (Å²) in [7, 11) is 1.86. The standard InChI is InChI=1S/C22H29N5O4/c1-13-20(14(2)26(4)25-13)24-21(28)15(3)27-9-7-16(8-10-27)22(29)23-17-5-6-18-19(11-17)31-12-30-18/h5-6,11,15-16H,7-10,12H2,1-4H3,(H,23,29)(H,24,28)/t15-/m0/s1. The van der Waals surface area contributed by atoms with Gasteiger partial charge in [-0.2, -0.15) is 5.10 Å². The summed E-state index contributed by atoms with van der Waals surface area (Å²) in [5.41, 5.74) is 3.21. The van der Waals surface area contributed by atoms with Gasteiger partial charge >= 0.3 is 0 Å². The highest BCUT2D eigenvalue weighted by Crippen LogP contribution is 2.34. The minimum Gasteiger partial charge on any atom is -0.454 e. The fraction of sp³-hybridized carbons (Fsp3) is 0.500. The number of nitrogens with one attached hydrogen (secondary N) is 2. The highest BCUT2D eigenvalue weighted by atomic mass is 16.7. The van der Waals surface area contributed by atoms with E-state index in [-0.39, 0.29) is 30.6 Å². The van der Waals surface area contributed by atoms with Crippen LogP contribution in [-0.2, 0) is 16.6 Å². The van der Waals surface area contributed by atoms with Gasteiger partial charge in [-0.3, -0.25) is 19.2 Å². The van der Waals surface area contributed by atoms with Gasteiger partial charge < -0.3 is 20.1 Å². The van der Waals surface area contributed by atoms with Gasteiger partial charge in [-0.1, -0.05) is 0 Å². The molecule has 9 heteroatoms. The number of piperidine rings is 1. The first kappa shape index (κ1) is 21.2. The lowest BCUT2D eigenvalue weighted by Gasteiger charge is -2.34. The van der Waals surface area contributed by atoms with E-state index in [0.717, 1.165) is 17.1 Å². The number of fused-ring (bicyclic) bond motifs is 1. The summed E-state index contributed by atoms with van der Waals surface area (Å²) in [4.78, 5) is 27.6. The minimum absolute atomic E-state index is 0.00257. The van der Waals surface area contributed by atoms with Crippen molar-refractivity contribution in [2.45, 2.75) is 39.7 Å². The van der Waals surface area contributed by atoms with Crippen molar-refractivity contribution in [1.82, 2.24) is 14.7 Å². The second kappa shape index (κ2) is 8.58. The van der Waals surface area contributed by atoms with Gasteiger partial charge in [0, 0.05) is 24.7 Å². The van der Waals surface area contributed by atoms with Crippen LogP contribution in [0.2, 0.25) is 0 Å². The molecule has 0 spiro atoms. The normalized spacial score (nSPS) is 17.4. The molecule has 1 atom stereocenters. The number of hydrogen-bond donors (Lipinski definition) is 2. The third-order valence-corrected chi connectivity index (χ3v) is 6.22. The van der Waals surface area contributed by atoms with E-state index in [0.29, 0.717) is 43.1 Å². The number of hydrogen-bond acceptors (Lipinski definition) is 6. The minimum atomic E-state index is -0.281. The van der Waals surface area contributed by atoms with Gasteiger partial charge in [0.05, 0.1) is 23.1 Å². The van der Waals surface area contributed by atoms with Crippen molar-refractivity contribution in [3.05, 3.63) is 29.6 Å². The summed E-state index contributed by atoms with van der Waals surface area (Å²) in [5, 5.41) is 10.3. The van der Waals surface area contributed by atoms with Crippen molar-refractivity contribution in [2.75, 3.05) is 30.5 Å². The van der Waals surface area contributed by atoms with Gasteiger partial charge in [-0.05, 0) is 58.8 Å². The molecule has 166 valence electrons. The van der Waals surface area contributed by atoms with Gasteiger partial charge in [0.1, 0.15) is 0 Å². The molecular weight excluding hydrogens is 398 g/mol. The molecule has 1 fully saturated rings. The molecule has 1 saturated heterocycles. The molecule has 9 nitrogen and oxygen atoms in total. The molecule has 2 amide bonds. The Bertz CT molecular complexity index is 994. The summed E-state index contributed by atoms with van der Waals surface area (Å²) < 4.78 is 12.4. The SMILES string of the molecule is Cc1nn(C)c(C)c1NC(=O)[C@H](C)N1CCC(C(=O)Nc2ccc3c(c2)OCO3)CC1. The Labute approximate surface area is 181 Å². The third-order valence-electron chi connectivity index (χ3n) is 6.22. The lowest BCUT2D eigenvalue weighted by Crippen LogP contribution is -2.47. The monoisotopic (exact) mass is 427 g/mol. The van der Waals surface area contributed by atoms with Gasteiger partial charge in [0.15, 0.2) is 11.5 Å². The first-order valence-electron chi connectivity index (χ1n) is 10.6. The molecule has 2 aromatic rings. The molecule has 3 heterocycles. The van der Waals surface area contributed by atoms with Crippen molar-refractivity contribution >= 4 is 23.2 Å². The van der Waals surface area contributed by atoms with E-state index >= 15 is 0 Å². The van der Waals surface area contributed by atoms with Crippen LogP contribution in [0.25, 0.3) is 0 Å². The Kier molecular flexibility index (Phi) is 5.86. The van der Waals surface area contributed by atoms with Crippen LogP contribution >= 0.6 is 0 Å². The maximum atomic E-state index is 12.8. The number of likely N-dealkylation sites (tertiary alicyclic amines) is 1. The smallest absolute Gasteiger partial charge is 0.241 e. The van der Waals surface area contributed by atoms with Crippen LogP contribution in [0, 0.1) is 19.8 Å². The summed E-state index contributed by atoms with van der Waals surface area (Å²) in [6, 6.07) is 5.11. The van der Waals surface area contributed by atoms with Crippen molar-refractivity contribution in [1.29, 1.82) is 0 Å². The lowest BCUT2D eigenvalue weighted by molar-refractivity contribution is -0.123. The average molecular weight is 428 g/mol. The van der Waals surface area contributed by atoms with Crippen molar-refractivity contribution in [3.8, 4) is 11.5 Å². The number of carbonyl (C=O) groups excluding carboxylic acids is 2. The number of aromatic nitrogens is 2. The predicted octanol–water partition coefficient (Wildman–Crippen LogP) is 2.44. The summed E-state index contributed by atoms with van der Waals surface area (Å²) in [6.07, 6.45) is 1.41. The van der Waals surface area contributed by atoms with Gasteiger partial charge in [0.25, 0.3) is 0 Å². The molecule has 0 aliphatic carbocycles. The second-order valence-corrected chi connectivity index (χ2v) is 8.20. The van der Waals surface area contributed by atoms with Crippen LogP contribution < -0.4 is 20.1 Å². The molecule has 0 bridgehead atoms. The molecule has 1 aromatic heterocycles. The van der Waals surface area contributed by atoms with E-state index in [2.05, 4.69) is 20.6 Å². The molecule has 4 rings (SSSR count). The van der Waals surface area contributed by atoms with Crippen LogP contribution in [0.5, 0.6) is 11.5 Å². The molecule has 0 saturated carbocycles. The highest BCUT2D eigenvalue weighted by Gasteiger charge is 2.30. The predicted molar refractivity (Wildman–Crippen MR) is 116 cm³/mol. The third kappa shape index (κ3) is 4.36. The van der Waals surface area contributed by atoms with Crippen molar-refractivity contribution < 1.29 is 19.1 Å². The first-order chi connectivity index (χ1) is 14.8. The van der Waals surface area contributed by atoms with E-state index < -0.39 is 0 Å². The van der Waals surface area contributed by atoms with Crippen LogP contribution in [-0.4, -0.2) is 52.4 Å². The number of carbonyl (C=O) groups is 2. The van der Waals surface area contributed by atoms with E-state index in [1.807, 2.05) is 33.9 Å². The second-order valence-electron chi connectivity index (χ2n) is 8.20. The van der Waals surface area contributed by atoms with E-state index in [1.165, 1.54) is 0 Å². The topological polar surface area (TPSA) is 97.7 Å². The van der Waals surface area contributed by atoms with Crippen LogP contribution in [0.1, 0.15) is 31.2 Å². The molecule has 31 heavy (non-hydrogen) atoms. The molecule has 2 aliphatic heterocycles. The van der Waals surface area contributed by atoms with Gasteiger partial charge in [0.2, 0.25) is 18.6 Å². The number of ether oxygens (including phenoxy) is 2. The zero-order valence-electron chi connectivity index (χ0n) is 18.4. The number of amides is 2. The molecular formula is C22H29N5O4. The summed E-state index contributed by atoms with van der Waals surface area (Å²) in [6.45, 7) is 7.32. The Balaban J connectivity index is 1.29. The lowest BCUT2D eigenvalue weighted by atomic mass is 9.94. The molecule has 2 aliphatic rings. The van der Waals surface area contributed by atoms with Crippen molar-refractivity contribution in [3.63, 3.8) is 0 Å². The average Bonchev–Trinajstić information content (AvgIpc) is 3.32. The van der Waals surface area contributed by atoms with E-state index in [9.17, 15) is 9.59 Å². The largest absolute Gasteiger partial charge is 0.454 e. The van der Waals surface area contributed by atoms with Crippen LogP contribution in [0.3, 0.4) is 0 Å².